The van der Waals surface area contributed by atoms with Crippen molar-refractivity contribution in [3.05, 3.63) is 89.7 Å². The molecular formula is C23H25N3O2. The van der Waals surface area contributed by atoms with E-state index in [1.54, 1.807) is 24.3 Å². The van der Waals surface area contributed by atoms with Gasteiger partial charge < -0.3 is 15.0 Å². The van der Waals surface area contributed by atoms with E-state index >= 15 is 0 Å². The summed E-state index contributed by atoms with van der Waals surface area (Å²) in [5.74, 6) is 0.775. The Kier molecular flexibility index (Phi) is 6.63. The van der Waals surface area contributed by atoms with Crippen LogP contribution in [0, 0.1) is 0 Å². The summed E-state index contributed by atoms with van der Waals surface area (Å²) in [6.07, 6.45) is 1.70. The molecular weight excluding hydrogens is 350 g/mol. The SMILES string of the molecule is CCN(Cc1ccccc1)C(=O)c1ccc(NCc2ccc(OC)cc2)cn1. The number of carbonyl (C=O) groups excluding carboxylic acids is 1. The Hall–Kier alpha value is -3.34. The number of nitrogens with one attached hydrogen (secondary N) is 1. The Morgan fingerprint density at radius 1 is 1.00 bits per heavy atom. The van der Waals surface area contributed by atoms with Gasteiger partial charge in [0.2, 0.25) is 0 Å². The fourth-order valence-corrected chi connectivity index (χ4v) is 2.87. The number of amides is 1. The summed E-state index contributed by atoms with van der Waals surface area (Å²) in [4.78, 5) is 18.9. The summed E-state index contributed by atoms with van der Waals surface area (Å²) < 4.78 is 5.17. The van der Waals surface area contributed by atoms with Crippen LogP contribution in [0.1, 0.15) is 28.5 Å². The lowest BCUT2D eigenvalue weighted by Crippen LogP contribution is -2.30. The third-order valence-electron chi connectivity index (χ3n) is 4.52. The zero-order chi connectivity index (χ0) is 19.8. The van der Waals surface area contributed by atoms with Crippen LogP contribution >= 0.6 is 0 Å². The van der Waals surface area contributed by atoms with Crippen LogP contribution in [0.3, 0.4) is 0 Å². The van der Waals surface area contributed by atoms with Gasteiger partial charge >= 0.3 is 0 Å². The number of ether oxygens (including phenoxy) is 1. The number of rotatable bonds is 8. The van der Waals surface area contributed by atoms with Crippen LogP contribution in [-0.4, -0.2) is 29.4 Å². The van der Waals surface area contributed by atoms with Crippen molar-refractivity contribution in [2.75, 3.05) is 19.0 Å². The minimum absolute atomic E-state index is 0.0620. The van der Waals surface area contributed by atoms with Crippen LogP contribution in [0.25, 0.3) is 0 Å². The van der Waals surface area contributed by atoms with Gasteiger partial charge in [0.1, 0.15) is 11.4 Å². The molecule has 3 rings (SSSR count). The zero-order valence-electron chi connectivity index (χ0n) is 16.3. The molecule has 2 aromatic carbocycles. The predicted octanol–water partition coefficient (Wildman–Crippen LogP) is 4.36. The molecule has 0 unspecified atom stereocenters. The van der Waals surface area contributed by atoms with E-state index in [0.717, 1.165) is 22.6 Å². The third kappa shape index (κ3) is 5.10. The Bertz CT molecular complexity index is 878. The average Bonchev–Trinajstić information content (AvgIpc) is 2.77. The highest BCUT2D eigenvalue weighted by molar-refractivity contribution is 5.92. The number of anilines is 1. The van der Waals surface area contributed by atoms with Crippen molar-refractivity contribution >= 4 is 11.6 Å². The zero-order valence-corrected chi connectivity index (χ0v) is 16.3. The molecule has 0 atom stereocenters. The molecule has 3 aromatic rings. The van der Waals surface area contributed by atoms with E-state index in [9.17, 15) is 4.79 Å². The molecule has 0 aliphatic carbocycles. The second kappa shape index (κ2) is 9.55. The van der Waals surface area contributed by atoms with Crippen LogP contribution in [0.15, 0.2) is 72.9 Å². The van der Waals surface area contributed by atoms with Crippen molar-refractivity contribution in [2.24, 2.45) is 0 Å². The molecule has 1 aromatic heterocycles. The Morgan fingerprint density at radius 2 is 1.75 bits per heavy atom. The maximum absolute atomic E-state index is 12.8. The van der Waals surface area contributed by atoms with Crippen molar-refractivity contribution in [3.8, 4) is 5.75 Å². The van der Waals surface area contributed by atoms with Gasteiger partial charge in [-0.2, -0.15) is 0 Å². The third-order valence-corrected chi connectivity index (χ3v) is 4.52. The van der Waals surface area contributed by atoms with Gasteiger partial charge in [0, 0.05) is 19.6 Å². The van der Waals surface area contributed by atoms with Gasteiger partial charge in [-0.1, -0.05) is 42.5 Å². The van der Waals surface area contributed by atoms with Crippen molar-refractivity contribution in [3.63, 3.8) is 0 Å². The molecule has 5 nitrogen and oxygen atoms in total. The molecule has 1 amide bonds. The highest BCUT2D eigenvalue weighted by atomic mass is 16.5. The Labute approximate surface area is 166 Å². The summed E-state index contributed by atoms with van der Waals surface area (Å²) >= 11 is 0. The van der Waals surface area contributed by atoms with Crippen LogP contribution < -0.4 is 10.1 Å². The second-order valence-electron chi connectivity index (χ2n) is 6.44. The first-order valence-electron chi connectivity index (χ1n) is 9.35. The topological polar surface area (TPSA) is 54.5 Å². The summed E-state index contributed by atoms with van der Waals surface area (Å²) in [6, 6.07) is 21.5. The summed E-state index contributed by atoms with van der Waals surface area (Å²) in [5.41, 5.74) is 3.57. The van der Waals surface area contributed by atoms with Crippen LogP contribution in [-0.2, 0) is 13.1 Å². The van der Waals surface area contributed by atoms with E-state index in [2.05, 4.69) is 10.3 Å². The van der Waals surface area contributed by atoms with E-state index < -0.39 is 0 Å². The second-order valence-corrected chi connectivity index (χ2v) is 6.44. The van der Waals surface area contributed by atoms with Crippen LogP contribution in [0.4, 0.5) is 5.69 Å². The molecule has 0 aliphatic heterocycles. The first kappa shape index (κ1) is 19.4. The van der Waals surface area contributed by atoms with Gasteiger partial charge in [0.25, 0.3) is 5.91 Å². The summed E-state index contributed by atoms with van der Waals surface area (Å²) in [7, 11) is 1.65. The lowest BCUT2D eigenvalue weighted by molar-refractivity contribution is 0.0746. The molecule has 28 heavy (non-hydrogen) atoms. The molecule has 0 saturated heterocycles. The monoisotopic (exact) mass is 375 g/mol. The van der Waals surface area contributed by atoms with E-state index in [4.69, 9.17) is 4.74 Å². The maximum Gasteiger partial charge on any atom is 0.272 e. The van der Waals surface area contributed by atoms with Crippen molar-refractivity contribution in [1.82, 2.24) is 9.88 Å². The molecule has 0 fully saturated rings. The number of carbonyl (C=O) groups is 1. The average molecular weight is 375 g/mol. The lowest BCUT2D eigenvalue weighted by Gasteiger charge is -2.20. The van der Waals surface area contributed by atoms with Crippen molar-refractivity contribution < 1.29 is 9.53 Å². The van der Waals surface area contributed by atoms with Gasteiger partial charge in [0.15, 0.2) is 0 Å². The fourth-order valence-electron chi connectivity index (χ4n) is 2.87. The van der Waals surface area contributed by atoms with Gasteiger partial charge in [-0.15, -0.1) is 0 Å². The molecule has 0 aliphatic rings. The van der Waals surface area contributed by atoms with Crippen LogP contribution in [0.5, 0.6) is 5.75 Å². The first-order chi connectivity index (χ1) is 13.7. The van der Waals surface area contributed by atoms with E-state index in [-0.39, 0.29) is 5.91 Å². The van der Waals surface area contributed by atoms with E-state index in [1.807, 2.05) is 67.6 Å². The highest BCUT2D eigenvalue weighted by Gasteiger charge is 2.15. The van der Waals surface area contributed by atoms with Gasteiger partial charge in [-0.3, -0.25) is 4.79 Å². The normalized spacial score (nSPS) is 10.4. The van der Waals surface area contributed by atoms with E-state index in [0.29, 0.717) is 25.3 Å². The first-order valence-corrected chi connectivity index (χ1v) is 9.35. The number of nitrogens with zero attached hydrogens (tertiary/aromatic N) is 2. The number of hydrogen-bond acceptors (Lipinski definition) is 4. The predicted molar refractivity (Wildman–Crippen MR) is 111 cm³/mol. The summed E-state index contributed by atoms with van der Waals surface area (Å²) in [6.45, 7) is 3.86. The standard InChI is InChI=1S/C23H25N3O2/c1-3-26(17-19-7-5-4-6-8-19)23(27)22-14-11-20(16-25-22)24-15-18-9-12-21(28-2)13-10-18/h4-14,16,24H,3,15,17H2,1-2H3. The van der Waals surface area contributed by atoms with Crippen molar-refractivity contribution in [1.29, 1.82) is 0 Å². The van der Waals surface area contributed by atoms with Gasteiger partial charge in [-0.05, 0) is 42.3 Å². The van der Waals surface area contributed by atoms with Gasteiger partial charge in [-0.25, -0.2) is 4.98 Å². The fraction of sp³-hybridized carbons (Fsp3) is 0.217. The number of hydrogen-bond donors (Lipinski definition) is 1. The lowest BCUT2D eigenvalue weighted by atomic mass is 10.2. The smallest absolute Gasteiger partial charge is 0.272 e. The summed E-state index contributed by atoms with van der Waals surface area (Å²) in [5, 5.41) is 3.32. The Morgan fingerprint density at radius 3 is 2.36 bits per heavy atom. The molecule has 144 valence electrons. The molecule has 0 saturated carbocycles. The molecule has 0 bridgehead atoms. The largest absolute Gasteiger partial charge is 0.497 e. The molecule has 0 spiro atoms. The van der Waals surface area contributed by atoms with E-state index in [1.165, 1.54) is 0 Å². The van der Waals surface area contributed by atoms with Crippen molar-refractivity contribution in [2.45, 2.75) is 20.0 Å². The molecule has 5 heteroatoms. The Balaban J connectivity index is 1.59. The highest BCUT2D eigenvalue weighted by Crippen LogP contribution is 2.14. The minimum Gasteiger partial charge on any atom is -0.497 e. The number of benzene rings is 2. The molecule has 0 radical (unpaired) electrons. The number of pyridine rings is 1. The maximum atomic E-state index is 12.8. The quantitative estimate of drug-likeness (QED) is 0.635. The number of methoxy groups -OCH3 is 1. The minimum atomic E-state index is -0.0620. The van der Waals surface area contributed by atoms with Gasteiger partial charge in [0.05, 0.1) is 19.0 Å². The molecule has 1 heterocycles. The molecule has 1 N–H and O–H groups in total. The van der Waals surface area contributed by atoms with Crippen LogP contribution in [0.2, 0.25) is 0 Å². The number of aromatic nitrogens is 1.